The number of hydrogen-bond donors (Lipinski definition) is 0. The van der Waals surface area contributed by atoms with Crippen LogP contribution in [0, 0.1) is 5.82 Å². The summed E-state index contributed by atoms with van der Waals surface area (Å²) in [6, 6.07) is 12.8. The lowest BCUT2D eigenvalue weighted by atomic mass is 9.99. The first kappa shape index (κ1) is 19.3. The van der Waals surface area contributed by atoms with E-state index in [1.165, 1.54) is 36.5 Å². The third kappa shape index (κ3) is 3.66. The van der Waals surface area contributed by atoms with Gasteiger partial charge in [-0.25, -0.2) is 17.8 Å². The van der Waals surface area contributed by atoms with Gasteiger partial charge in [0.15, 0.2) is 9.84 Å². The van der Waals surface area contributed by atoms with Crippen molar-refractivity contribution in [3.63, 3.8) is 0 Å². The van der Waals surface area contributed by atoms with Crippen molar-refractivity contribution in [2.24, 2.45) is 0 Å². The van der Waals surface area contributed by atoms with Gasteiger partial charge in [-0.1, -0.05) is 11.6 Å². The maximum Gasteiger partial charge on any atom is 0.201 e. The standard InChI is InChI=1S/C21H13ClFNO4S/c1-29(26,27)15-6-2-12(3-7-15)21-19(13-4-9-18(22)24-11-13)20(25)16-10-14(23)5-8-17(16)28-21/h2-11H,1H3. The van der Waals surface area contributed by atoms with Crippen molar-refractivity contribution in [1.29, 1.82) is 0 Å². The van der Waals surface area contributed by atoms with Crippen LogP contribution in [0.4, 0.5) is 4.39 Å². The second kappa shape index (κ2) is 7.09. The Bertz CT molecular complexity index is 1400. The first-order chi connectivity index (χ1) is 13.7. The summed E-state index contributed by atoms with van der Waals surface area (Å²) in [6.45, 7) is 0. The summed E-state index contributed by atoms with van der Waals surface area (Å²) in [5.41, 5.74) is 0.892. The molecule has 29 heavy (non-hydrogen) atoms. The molecule has 2 heterocycles. The summed E-state index contributed by atoms with van der Waals surface area (Å²) in [6.07, 6.45) is 2.53. The van der Waals surface area contributed by atoms with Gasteiger partial charge in [-0.2, -0.15) is 0 Å². The first-order valence-electron chi connectivity index (χ1n) is 8.43. The number of pyridine rings is 1. The highest BCUT2D eigenvalue weighted by Gasteiger charge is 2.19. The Morgan fingerprint density at radius 1 is 1.00 bits per heavy atom. The van der Waals surface area contributed by atoms with Gasteiger partial charge in [-0.05, 0) is 54.6 Å². The summed E-state index contributed by atoms with van der Waals surface area (Å²) in [5, 5.41) is 0.343. The Labute approximate surface area is 170 Å². The molecule has 146 valence electrons. The zero-order valence-electron chi connectivity index (χ0n) is 15.0. The normalized spacial score (nSPS) is 11.7. The molecule has 2 aromatic heterocycles. The molecule has 0 N–H and O–H groups in total. The van der Waals surface area contributed by atoms with Gasteiger partial charge in [0.1, 0.15) is 22.3 Å². The largest absolute Gasteiger partial charge is 0.455 e. The van der Waals surface area contributed by atoms with Gasteiger partial charge in [-0.15, -0.1) is 0 Å². The molecule has 0 bridgehead atoms. The lowest BCUT2D eigenvalue weighted by molar-refractivity contribution is 0.601. The van der Waals surface area contributed by atoms with Crippen molar-refractivity contribution in [2.45, 2.75) is 4.90 Å². The lowest BCUT2D eigenvalue weighted by Gasteiger charge is -2.11. The smallest absolute Gasteiger partial charge is 0.201 e. The maximum atomic E-state index is 13.7. The van der Waals surface area contributed by atoms with Crippen LogP contribution in [-0.4, -0.2) is 19.7 Å². The topological polar surface area (TPSA) is 77.2 Å². The Hall–Kier alpha value is -3.03. The minimum atomic E-state index is -3.38. The van der Waals surface area contributed by atoms with Crippen LogP contribution in [0.15, 0.2) is 74.9 Å². The zero-order valence-corrected chi connectivity index (χ0v) is 16.6. The third-order valence-electron chi connectivity index (χ3n) is 4.41. The average Bonchev–Trinajstić information content (AvgIpc) is 2.69. The third-order valence-corrected chi connectivity index (χ3v) is 5.77. The molecule has 0 amide bonds. The molecule has 2 aromatic carbocycles. The van der Waals surface area contributed by atoms with Crippen LogP contribution < -0.4 is 5.43 Å². The molecule has 0 saturated heterocycles. The summed E-state index contributed by atoms with van der Waals surface area (Å²) in [7, 11) is -3.38. The molecule has 4 aromatic rings. The molecule has 0 saturated carbocycles. The second-order valence-electron chi connectivity index (χ2n) is 6.44. The molecule has 8 heteroatoms. The molecule has 0 spiro atoms. The van der Waals surface area contributed by atoms with Gasteiger partial charge in [-0.3, -0.25) is 4.79 Å². The first-order valence-corrected chi connectivity index (χ1v) is 10.7. The van der Waals surface area contributed by atoms with Crippen molar-refractivity contribution in [2.75, 3.05) is 6.26 Å². The molecule has 0 atom stereocenters. The highest BCUT2D eigenvalue weighted by molar-refractivity contribution is 7.90. The highest BCUT2D eigenvalue weighted by Crippen LogP contribution is 2.33. The molecular formula is C21H13ClFNO4S. The van der Waals surface area contributed by atoms with Crippen molar-refractivity contribution in [1.82, 2.24) is 4.98 Å². The van der Waals surface area contributed by atoms with E-state index >= 15 is 0 Å². The van der Waals surface area contributed by atoms with Crippen LogP contribution in [0.3, 0.4) is 0 Å². The van der Waals surface area contributed by atoms with Crippen LogP contribution in [0.5, 0.6) is 0 Å². The number of halogens is 2. The minimum absolute atomic E-state index is 0.0893. The Kier molecular flexibility index (Phi) is 4.72. The summed E-state index contributed by atoms with van der Waals surface area (Å²) in [5.74, 6) is -0.339. The highest BCUT2D eigenvalue weighted by atomic mass is 35.5. The van der Waals surface area contributed by atoms with E-state index in [0.29, 0.717) is 11.1 Å². The minimum Gasteiger partial charge on any atom is -0.455 e. The van der Waals surface area contributed by atoms with Crippen LogP contribution in [0.2, 0.25) is 5.15 Å². The molecule has 4 rings (SSSR count). The van der Waals surface area contributed by atoms with E-state index in [1.54, 1.807) is 18.2 Å². The molecule has 0 unspecified atom stereocenters. The van der Waals surface area contributed by atoms with Gasteiger partial charge in [0, 0.05) is 23.6 Å². The van der Waals surface area contributed by atoms with Gasteiger partial charge in [0.2, 0.25) is 5.43 Å². The van der Waals surface area contributed by atoms with E-state index in [4.69, 9.17) is 16.0 Å². The number of nitrogens with zero attached hydrogens (tertiary/aromatic N) is 1. The van der Waals surface area contributed by atoms with Crippen molar-refractivity contribution in [3.05, 3.63) is 82.0 Å². The predicted octanol–water partition coefficient (Wildman–Crippen LogP) is 4.72. The number of rotatable bonds is 3. The maximum absolute atomic E-state index is 13.7. The molecule has 5 nitrogen and oxygen atoms in total. The Morgan fingerprint density at radius 3 is 2.31 bits per heavy atom. The summed E-state index contributed by atoms with van der Waals surface area (Å²) in [4.78, 5) is 17.3. The lowest BCUT2D eigenvalue weighted by Crippen LogP contribution is -2.08. The fourth-order valence-corrected chi connectivity index (χ4v) is 3.75. The number of hydrogen-bond acceptors (Lipinski definition) is 5. The van der Waals surface area contributed by atoms with E-state index < -0.39 is 21.1 Å². The molecule has 0 radical (unpaired) electrons. The molecule has 0 aliphatic rings. The molecule has 0 aliphatic heterocycles. The van der Waals surface area contributed by atoms with Crippen LogP contribution in [-0.2, 0) is 9.84 Å². The Balaban J connectivity index is 2.04. The average molecular weight is 430 g/mol. The number of benzene rings is 2. The monoisotopic (exact) mass is 429 g/mol. The second-order valence-corrected chi connectivity index (χ2v) is 8.84. The van der Waals surface area contributed by atoms with Crippen molar-refractivity contribution >= 4 is 32.4 Å². The van der Waals surface area contributed by atoms with Gasteiger partial charge in [0.05, 0.1) is 15.8 Å². The van der Waals surface area contributed by atoms with E-state index in [0.717, 1.165) is 12.3 Å². The fourth-order valence-electron chi connectivity index (χ4n) is 3.01. The van der Waals surface area contributed by atoms with Crippen LogP contribution >= 0.6 is 11.6 Å². The summed E-state index contributed by atoms with van der Waals surface area (Å²) < 4.78 is 43.1. The SMILES string of the molecule is CS(=O)(=O)c1ccc(-c2oc3ccc(F)cc3c(=O)c2-c2ccc(Cl)nc2)cc1. The van der Waals surface area contributed by atoms with Crippen LogP contribution in [0.25, 0.3) is 33.4 Å². The van der Waals surface area contributed by atoms with E-state index in [9.17, 15) is 17.6 Å². The predicted molar refractivity (Wildman–Crippen MR) is 109 cm³/mol. The van der Waals surface area contributed by atoms with Gasteiger partial charge in [0.25, 0.3) is 0 Å². The number of fused-ring (bicyclic) bond motifs is 1. The number of sulfone groups is 1. The Morgan fingerprint density at radius 2 is 1.69 bits per heavy atom. The van der Waals surface area contributed by atoms with E-state index in [-0.39, 0.29) is 32.3 Å². The quantitative estimate of drug-likeness (QED) is 0.440. The van der Waals surface area contributed by atoms with E-state index in [1.807, 2.05) is 0 Å². The van der Waals surface area contributed by atoms with Crippen LogP contribution in [0.1, 0.15) is 0 Å². The van der Waals surface area contributed by atoms with Gasteiger partial charge < -0.3 is 4.42 Å². The van der Waals surface area contributed by atoms with Crippen molar-refractivity contribution in [3.8, 4) is 22.5 Å². The zero-order chi connectivity index (χ0) is 20.8. The van der Waals surface area contributed by atoms with Crippen molar-refractivity contribution < 1.29 is 17.2 Å². The number of aromatic nitrogens is 1. The fraction of sp³-hybridized carbons (Fsp3) is 0.0476. The molecule has 0 fully saturated rings. The van der Waals surface area contributed by atoms with Gasteiger partial charge >= 0.3 is 0 Å². The summed E-state index contributed by atoms with van der Waals surface area (Å²) >= 11 is 5.85. The molecular weight excluding hydrogens is 417 g/mol. The molecule has 0 aliphatic carbocycles. The van der Waals surface area contributed by atoms with E-state index in [2.05, 4.69) is 4.98 Å².